The van der Waals surface area contributed by atoms with Gasteiger partial charge in [-0.25, -0.2) is 0 Å². The molecule has 3 rings (SSSR count). The van der Waals surface area contributed by atoms with Gasteiger partial charge in [0, 0.05) is 30.6 Å². The molecule has 0 unspecified atom stereocenters. The number of nitro groups is 1. The fraction of sp³-hybridized carbons (Fsp3) is 0.136. The Morgan fingerprint density at radius 1 is 1.16 bits per heavy atom. The van der Waals surface area contributed by atoms with Crippen LogP contribution in [0.5, 0.6) is 5.75 Å². The summed E-state index contributed by atoms with van der Waals surface area (Å²) in [5.41, 5.74) is 8.37. The average molecular weight is 414 g/mol. The van der Waals surface area contributed by atoms with Crippen molar-refractivity contribution in [2.24, 2.45) is 0 Å². The number of methoxy groups -OCH3 is 1. The standard InChI is InChI=1S/C22H18N6O3/c1-31-22-18(28(29)30)7-5-16(12-24)20(22)19-15(11-23)4-6-17(25)21(19)27-10-8-14-3-2-9-26-13-14/h2-7,9,13,27H,8,10,25H2,1H3. The van der Waals surface area contributed by atoms with Crippen molar-refractivity contribution < 1.29 is 9.66 Å². The molecule has 0 aliphatic rings. The zero-order chi connectivity index (χ0) is 22.4. The van der Waals surface area contributed by atoms with Gasteiger partial charge in [0.15, 0.2) is 0 Å². The summed E-state index contributed by atoms with van der Waals surface area (Å²) < 4.78 is 5.32. The molecular formula is C22H18N6O3. The van der Waals surface area contributed by atoms with Crippen molar-refractivity contribution in [2.45, 2.75) is 6.42 Å². The number of benzene rings is 2. The summed E-state index contributed by atoms with van der Waals surface area (Å²) in [6.45, 7) is 0.455. The molecule has 0 saturated carbocycles. The quantitative estimate of drug-likeness (QED) is 0.338. The molecule has 0 aliphatic carbocycles. The lowest BCUT2D eigenvalue weighted by molar-refractivity contribution is -0.385. The monoisotopic (exact) mass is 414 g/mol. The van der Waals surface area contributed by atoms with Crippen molar-refractivity contribution in [3.63, 3.8) is 0 Å². The lowest BCUT2D eigenvalue weighted by Gasteiger charge is -2.19. The highest BCUT2D eigenvalue weighted by Crippen LogP contribution is 2.46. The zero-order valence-corrected chi connectivity index (χ0v) is 16.6. The number of nitrogens with zero attached hydrogens (tertiary/aromatic N) is 4. The van der Waals surface area contributed by atoms with E-state index in [9.17, 15) is 20.6 Å². The van der Waals surface area contributed by atoms with Gasteiger partial charge in [0.2, 0.25) is 5.75 Å². The Kier molecular flexibility index (Phi) is 6.29. The molecule has 9 heteroatoms. The molecule has 3 N–H and O–H groups in total. The first-order valence-electron chi connectivity index (χ1n) is 9.23. The molecule has 0 radical (unpaired) electrons. The van der Waals surface area contributed by atoms with Crippen molar-refractivity contribution >= 4 is 17.1 Å². The second-order valence-corrected chi connectivity index (χ2v) is 6.51. The Balaban J connectivity index is 2.18. The van der Waals surface area contributed by atoms with Crippen molar-refractivity contribution in [2.75, 3.05) is 24.7 Å². The molecule has 0 amide bonds. The largest absolute Gasteiger partial charge is 0.490 e. The van der Waals surface area contributed by atoms with E-state index in [4.69, 9.17) is 10.5 Å². The number of nitrogen functional groups attached to an aromatic ring is 1. The molecule has 3 aromatic rings. The smallest absolute Gasteiger partial charge is 0.311 e. The highest BCUT2D eigenvalue weighted by molar-refractivity contribution is 5.95. The van der Waals surface area contributed by atoms with E-state index in [1.807, 2.05) is 18.2 Å². The number of nitro benzene ring substituents is 1. The van der Waals surface area contributed by atoms with Gasteiger partial charge in [0.25, 0.3) is 0 Å². The Bertz CT molecular complexity index is 1210. The van der Waals surface area contributed by atoms with Crippen molar-refractivity contribution in [1.82, 2.24) is 4.98 Å². The fourth-order valence-electron chi connectivity index (χ4n) is 3.30. The van der Waals surface area contributed by atoms with Crippen LogP contribution in [-0.2, 0) is 6.42 Å². The van der Waals surface area contributed by atoms with Crippen molar-refractivity contribution in [1.29, 1.82) is 10.5 Å². The number of ether oxygens (including phenoxy) is 1. The highest BCUT2D eigenvalue weighted by Gasteiger charge is 2.27. The van der Waals surface area contributed by atoms with E-state index in [-0.39, 0.29) is 33.7 Å². The predicted octanol–water partition coefficient (Wildman–Crippen LogP) is 3.65. The number of anilines is 2. The molecule has 0 spiro atoms. The summed E-state index contributed by atoms with van der Waals surface area (Å²) >= 11 is 0. The molecule has 31 heavy (non-hydrogen) atoms. The van der Waals surface area contributed by atoms with Gasteiger partial charge in [-0.05, 0) is 36.2 Å². The average Bonchev–Trinajstić information content (AvgIpc) is 2.79. The first-order valence-corrected chi connectivity index (χ1v) is 9.23. The normalized spacial score (nSPS) is 10.0. The maximum Gasteiger partial charge on any atom is 0.311 e. The molecule has 0 fully saturated rings. The number of nitrogens with one attached hydrogen (secondary N) is 1. The minimum atomic E-state index is -0.600. The molecule has 0 bridgehead atoms. The maximum absolute atomic E-state index is 11.5. The molecule has 0 saturated heterocycles. The van der Waals surface area contributed by atoms with E-state index in [0.717, 1.165) is 5.56 Å². The van der Waals surface area contributed by atoms with E-state index in [1.54, 1.807) is 18.5 Å². The van der Waals surface area contributed by atoms with E-state index in [1.165, 1.54) is 25.3 Å². The summed E-state index contributed by atoms with van der Waals surface area (Å²) in [5.74, 6) is -0.110. The maximum atomic E-state index is 11.5. The van der Waals surface area contributed by atoms with Crippen LogP contribution in [0.1, 0.15) is 16.7 Å². The third-order valence-corrected chi connectivity index (χ3v) is 4.70. The highest BCUT2D eigenvalue weighted by atomic mass is 16.6. The van der Waals surface area contributed by atoms with E-state index >= 15 is 0 Å². The summed E-state index contributed by atoms with van der Waals surface area (Å²) in [7, 11) is 1.28. The summed E-state index contributed by atoms with van der Waals surface area (Å²) in [5, 5.41) is 34.1. The lowest BCUT2D eigenvalue weighted by Crippen LogP contribution is -2.10. The van der Waals surface area contributed by atoms with Crippen molar-refractivity contribution in [3.05, 3.63) is 75.6 Å². The van der Waals surface area contributed by atoms with Crippen LogP contribution in [-0.4, -0.2) is 23.6 Å². The van der Waals surface area contributed by atoms with Gasteiger partial charge < -0.3 is 15.8 Å². The Morgan fingerprint density at radius 2 is 1.87 bits per heavy atom. The van der Waals surface area contributed by atoms with Crippen LogP contribution in [0.3, 0.4) is 0 Å². The van der Waals surface area contributed by atoms with Gasteiger partial charge in [0.1, 0.15) is 0 Å². The minimum absolute atomic E-state index is 0.110. The van der Waals surface area contributed by atoms with Crippen LogP contribution in [0.2, 0.25) is 0 Å². The van der Waals surface area contributed by atoms with Crippen LogP contribution < -0.4 is 15.8 Å². The number of nitriles is 2. The lowest BCUT2D eigenvalue weighted by atomic mass is 9.92. The first-order chi connectivity index (χ1) is 15.0. The van der Waals surface area contributed by atoms with E-state index in [0.29, 0.717) is 24.3 Å². The third kappa shape index (κ3) is 4.21. The molecule has 9 nitrogen and oxygen atoms in total. The van der Waals surface area contributed by atoms with Gasteiger partial charge >= 0.3 is 5.69 Å². The summed E-state index contributed by atoms with van der Waals surface area (Å²) in [6.07, 6.45) is 4.05. The number of pyridine rings is 1. The van der Waals surface area contributed by atoms with Crippen LogP contribution in [0.25, 0.3) is 11.1 Å². The second-order valence-electron chi connectivity index (χ2n) is 6.51. The van der Waals surface area contributed by atoms with Crippen LogP contribution >= 0.6 is 0 Å². The third-order valence-electron chi connectivity index (χ3n) is 4.70. The molecule has 1 heterocycles. The fourth-order valence-corrected chi connectivity index (χ4v) is 3.30. The topological polar surface area (TPSA) is 151 Å². The number of aromatic nitrogens is 1. The summed E-state index contributed by atoms with van der Waals surface area (Å²) in [6, 6.07) is 13.5. The SMILES string of the molecule is COc1c([N+](=O)[O-])ccc(C#N)c1-c1c(C#N)ccc(N)c1NCCc1cccnc1. The molecule has 154 valence electrons. The van der Waals surface area contributed by atoms with Crippen LogP contribution in [0.15, 0.2) is 48.8 Å². The number of nitrogens with two attached hydrogens (primary N) is 1. The Morgan fingerprint density at radius 3 is 2.48 bits per heavy atom. The zero-order valence-electron chi connectivity index (χ0n) is 16.6. The van der Waals surface area contributed by atoms with E-state index in [2.05, 4.69) is 16.4 Å². The molecule has 0 atom stereocenters. The van der Waals surface area contributed by atoms with Crippen molar-refractivity contribution in [3.8, 4) is 29.0 Å². The molecule has 1 aromatic heterocycles. The van der Waals surface area contributed by atoms with Crippen LogP contribution in [0.4, 0.5) is 17.1 Å². The van der Waals surface area contributed by atoms with Crippen LogP contribution in [0, 0.1) is 32.8 Å². The summed E-state index contributed by atoms with van der Waals surface area (Å²) in [4.78, 5) is 15.0. The van der Waals surface area contributed by atoms with Gasteiger partial charge in [0.05, 0.1) is 52.2 Å². The van der Waals surface area contributed by atoms with Gasteiger partial charge in [-0.2, -0.15) is 10.5 Å². The number of rotatable bonds is 7. The van der Waals surface area contributed by atoms with Gasteiger partial charge in [-0.1, -0.05) is 6.07 Å². The van der Waals surface area contributed by atoms with Gasteiger partial charge in [-0.15, -0.1) is 0 Å². The predicted molar refractivity (Wildman–Crippen MR) is 115 cm³/mol. The molecule has 2 aromatic carbocycles. The minimum Gasteiger partial charge on any atom is -0.490 e. The molecular weight excluding hydrogens is 396 g/mol. The van der Waals surface area contributed by atoms with E-state index < -0.39 is 4.92 Å². The molecule has 0 aliphatic heterocycles. The number of hydrogen-bond donors (Lipinski definition) is 2. The Hall–Kier alpha value is -4.63. The number of hydrogen-bond acceptors (Lipinski definition) is 8. The second kappa shape index (κ2) is 9.25. The Labute approximate surface area is 178 Å². The first kappa shape index (κ1) is 21.1. The van der Waals surface area contributed by atoms with Gasteiger partial charge in [-0.3, -0.25) is 15.1 Å².